The number of piperidine rings is 1. The molecular weight excluding hydrogens is 350 g/mol. The van der Waals surface area contributed by atoms with Gasteiger partial charge in [-0.2, -0.15) is 0 Å². The van der Waals surface area contributed by atoms with Crippen LogP contribution in [0.4, 0.5) is 11.4 Å². The lowest BCUT2D eigenvalue weighted by Crippen LogP contribution is -2.44. The standard InChI is InChI=1S/C19H21N3O3S/c23-19(21-11-7-18-15(13-21)8-12-26-18)14-5-9-20(10-6-14)16-3-1-2-4-17(16)22(24)25/h1-4,8,12,14H,5-7,9-11,13H2. The molecule has 3 heterocycles. The molecule has 0 spiro atoms. The molecule has 0 N–H and O–H groups in total. The quantitative estimate of drug-likeness (QED) is 0.612. The normalized spacial score (nSPS) is 17.8. The van der Waals surface area contributed by atoms with Crippen molar-refractivity contribution in [3.63, 3.8) is 0 Å². The van der Waals surface area contributed by atoms with Gasteiger partial charge in [-0.1, -0.05) is 12.1 Å². The van der Waals surface area contributed by atoms with Crippen LogP contribution in [0.3, 0.4) is 0 Å². The maximum absolute atomic E-state index is 12.9. The van der Waals surface area contributed by atoms with Crippen LogP contribution in [-0.4, -0.2) is 35.4 Å². The molecule has 26 heavy (non-hydrogen) atoms. The summed E-state index contributed by atoms with van der Waals surface area (Å²) in [5.41, 5.74) is 2.08. The molecule has 1 aromatic heterocycles. The van der Waals surface area contributed by atoms with Crippen molar-refractivity contribution >= 4 is 28.6 Å². The van der Waals surface area contributed by atoms with Gasteiger partial charge in [0.1, 0.15) is 5.69 Å². The maximum atomic E-state index is 12.9. The Kier molecular flexibility index (Phi) is 4.63. The third kappa shape index (κ3) is 3.19. The lowest BCUT2D eigenvalue weighted by molar-refractivity contribution is -0.384. The van der Waals surface area contributed by atoms with Crippen LogP contribution in [0.5, 0.6) is 0 Å². The Morgan fingerprint density at radius 2 is 1.92 bits per heavy atom. The molecular formula is C19H21N3O3S. The van der Waals surface area contributed by atoms with Crippen molar-refractivity contribution in [3.8, 4) is 0 Å². The third-order valence-electron chi connectivity index (χ3n) is 5.38. The van der Waals surface area contributed by atoms with Crippen LogP contribution in [0, 0.1) is 16.0 Å². The van der Waals surface area contributed by atoms with Crippen LogP contribution in [0.15, 0.2) is 35.7 Å². The number of hydrogen-bond donors (Lipinski definition) is 0. The predicted molar refractivity (Wildman–Crippen MR) is 101 cm³/mol. The second kappa shape index (κ2) is 7.07. The van der Waals surface area contributed by atoms with Crippen LogP contribution in [0.1, 0.15) is 23.3 Å². The number of nitro groups is 1. The van der Waals surface area contributed by atoms with Crippen molar-refractivity contribution in [2.45, 2.75) is 25.8 Å². The molecule has 2 aliphatic heterocycles. The van der Waals surface area contributed by atoms with Gasteiger partial charge in [-0.05, 0) is 42.3 Å². The first-order valence-corrected chi connectivity index (χ1v) is 9.84. The molecule has 0 radical (unpaired) electrons. The van der Waals surface area contributed by atoms with Crippen molar-refractivity contribution in [2.75, 3.05) is 24.5 Å². The Hall–Kier alpha value is -2.41. The number of rotatable bonds is 3. The van der Waals surface area contributed by atoms with E-state index in [1.54, 1.807) is 29.5 Å². The molecule has 1 fully saturated rings. The van der Waals surface area contributed by atoms with Gasteiger partial charge in [0, 0.05) is 43.0 Å². The number of nitrogens with zero attached hydrogens (tertiary/aromatic N) is 3. The third-order valence-corrected chi connectivity index (χ3v) is 6.41. The summed E-state index contributed by atoms with van der Waals surface area (Å²) in [5, 5.41) is 13.3. The van der Waals surface area contributed by atoms with Gasteiger partial charge < -0.3 is 9.80 Å². The molecule has 6 nitrogen and oxygen atoms in total. The number of anilines is 1. The van der Waals surface area contributed by atoms with Gasteiger partial charge in [0.25, 0.3) is 5.69 Å². The topological polar surface area (TPSA) is 66.7 Å². The molecule has 2 aliphatic rings. The summed E-state index contributed by atoms with van der Waals surface area (Å²) in [6.07, 6.45) is 2.45. The van der Waals surface area contributed by atoms with Gasteiger partial charge in [0.05, 0.1) is 4.92 Å². The van der Waals surface area contributed by atoms with Crippen molar-refractivity contribution in [3.05, 3.63) is 56.3 Å². The molecule has 1 aromatic carbocycles. The van der Waals surface area contributed by atoms with Gasteiger partial charge in [-0.25, -0.2) is 0 Å². The predicted octanol–water partition coefficient (Wildman–Crippen LogP) is 3.46. The zero-order chi connectivity index (χ0) is 18.1. The number of benzene rings is 1. The maximum Gasteiger partial charge on any atom is 0.292 e. The summed E-state index contributed by atoms with van der Waals surface area (Å²) in [5.74, 6) is 0.262. The Bertz CT molecular complexity index is 827. The average molecular weight is 371 g/mol. The summed E-state index contributed by atoms with van der Waals surface area (Å²) in [7, 11) is 0. The summed E-state index contributed by atoms with van der Waals surface area (Å²) < 4.78 is 0. The minimum absolute atomic E-state index is 0.0224. The van der Waals surface area contributed by atoms with E-state index in [1.807, 2.05) is 15.9 Å². The van der Waals surface area contributed by atoms with E-state index in [2.05, 4.69) is 11.4 Å². The first kappa shape index (κ1) is 17.0. The average Bonchev–Trinajstić information content (AvgIpc) is 3.15. The number of fused-ring (bicyclic) bond motifs is 1. The zero-order valence-electron chi connectivity index (χ0n) is 14.5. The lowest BCUT2D eigenvalue weighted by atomic mass is 9.94. The van der Waals surface area contributed by atoms with E-state index in [9.17, 15) is 14.9 Å². The summed E-state index contributed by atoms with van der Waals surface area (Å²) in [4.78, 5) is 29.2. The second-order valence-corrected chi connectivity index (χ2v) is 7.89. The fourth-order valence-electron chi connectivity index (χ4n) is 3.95. The van der Waals surface area contributed by atoms with Crippen LogP contribution < -0.4 is 4.90 Å². The van der Waals surface area contributed by atoms with Crippen molar-refractivity contribution in [1.82, 2.24) is 4.90 Å². The monoisotopic (exact) mass is 371 g/mol. The second-order valence-electron chi connectivity index (χ2n) is 6.89. The van der Waals surface area contributed by atoms with Gasteiger partial charge in [-0.3, -0.25) is 14.9 Å². The van der Waals surface area contributed by atoms with Crippen LogP contribution in [0.2, 0.25) is 0 Å². The van der Waals surface area contributed by atoms with E-state index in [0.717, 1.165) is 32.4 Å². The molecule has 0 saturated carbocycles. The zero-order valence-corrected chi connectivity index (χ0v) is 15.3. The number of hydrogen-bond acceptors (Lipinski definition) is 5. The minimum atomic E-state index is -0.335. The molecule has 0 atom stereocenters. The van der Waals surface area contributed by atoms with Crippen molar-refractivity contribution in [1.29, 1.82) is 0 Å². The number of nitro benzene ring substituents is 1. The van der Waals surface area contributed by atoms with Crippen molar-refractivity contribution < 1.29 is 9.72 Å². The Morgan fingerprint density at radius 1 is 1.15 bits per heavy atom. The van der Waals surface area contributed by atoms with E-state index in [4.69, 9.17) is 0 Å². The van der Waals surface area contributed by atoms with Gasteiger partial charge in [0.2, 0.25) is 5.91 Å². The van der Waals surface area contributed by atoms with Crippen LogP contribution >= 0.6 is 11.3 Å². The number of carbonyl (C=O) groups is 1. The van der Waals surface area contributed by atoms with E-state index in [-0.39, 0.29) is 22.4 Å². The van der Waals surface area contributed by atoms with Gasteiger partial charge >= 0.3 is 0 Å². The van der Waals surface area contributed by atoms with Crippen LogP contribution in [-0.2, 0) is 17.8 Å². The van der Waals surface area contributed by atoms with E-state index >= 15 is 0 Å². The Labute approximate surface area is 156 Å². The molecule has 136 valence electrons. The fourth-order valence-corrected chi connectivity index (χ4v) is 4.84. The van der Waals surface area contributed by atoms with E-state index in [1.165, 1.54) is 10.4 Å². The highest BCUT2D eigenvalue weighted by Crippen LogP contribution is 2.32. The highest BCUT2D eigenvalue weighted by atomic mass is 32.1. The number of para-hydroxylation sites is 2. The number of carbonyl (C=O) groups excluding carboxylic acids is 1. The molecule has 0 aliphatic carbocycles. The number of thiophene rings is 1. The summed E-state index contributed by atoms with van der Waals surface area (Å²) >= 11 is 1.78. The van der Waals surface area contributed by atoms with Gasteiger partial charge in [-0.15, -0.1) is 11.3 Å². The highest BCUT2D eigenvalue weighted by Gasteiger charge is 2.32. The SMILES string of the molecule is O=C(C1CCN(c2ccccc2[N+](=O)[O-])CC1)N1CCc2sccc2C1. The fraction of sp³-hybridized carbons (Fsp3) is 0.421. The van der Waals surface area contributed by atoms with Gasteiger partial charge in [0.15, 0.2) is 0 Å². The smallest absolute Gasteiger partial charge is 0.292 e. The molecule has 2 aromatic rings. The molecule has 0 unspecified atom stereocenters. The van der Waals surface area contributed by atoms with E-state index < -0.39 is 0 Å². The molecule has 0 bridgehead atoms. The number of amides is 1. The minimum Gasteiger partial charge on any atom is -0.366 e. The van der Waals surface area contributed by atoms with Crippen molar-refractivity contribution in [2.24, 2.45) is 5.92 Å². The Morgan fingerprint density at radius 3 is 2.69 bits per heavy atom. The summed E-state index contributed by atoms with van der Waals surface area (Å²) in [6, 6.07) is 8.97. The molecule has 7 heteroatoms. The molecule has 4 rings (SSSR count). The lowest BCUT2D eigenvalue weighted by Gasteiger charge is -2.36. The first-order valence-electron chi connectivity index (χ1n) is 8.96. The largest absolute Gasteiger partial charge is 0.366 e. The van der Waals surface area contributed by atoms with E-state index in [0.29, 0.717) is 18.8 Å². The Balaban J connectivity index is 1.40. The van der Waals surface area contributed by atoms with Crippen LogP contribution in [0.25, 0.3) is 0 Å². The first-order chi connectivity index (χ1) is 12.6. The molecule has 1 amide bonds. The highest BCUT2D eigenvalue weighted by molar-refractivity contribution is 7.10. The summed E-state index contributed by atoms with van der Waals surface area (Å²) in [6.45, 7) is 2.89. The molecule has 1 saturated heterocycles.